The minimum atomic E-state index is -0.506. The molecular weight excluding hydrogens is 523 g/mol. The van der Waals surface area contributed by atoms with Gasteiger partial charge in [-0.1, -0.05) is 73.5 Å². The zero-order chi connectivity index (χ0) is 26.7. The molecular formula is C28H34Cl2N6O2. The maximum absolute atomic E-state index is 13.9. The number of carbonyl (C=O) groups is 1. The second kappa shape index (κ2) is 12.6. The molecule has 1 atom stereocenters. The Hall–Kier alpha value is -3.20. The minimum absolute atomic E-state index is 0. The van der Waals surface area contributed by atoms with Crippen molar-refractivity contribution in [3.63, 3.8) is 0 Å². The molecule has 202 valence electrons. The topological polar surface area (TPSA) is 98.5 Å². The highest BCUT2D eigenvalue weighted by Gasteiger charge is 2.33. The number of nitrogens with two attached hydrogens (primary N) is 1. The summed E-state index contributed by atoms with van der Waals surface area (Å²) in [6.07, 6.45) is 0.610. The van der Waals surface area contributed by atoms with E-state index in [4.69, 9.17) is 22.3 Å². The van der Waals surface area contributed by atoms with Gasteiger partial charge in [-0.2, -0.15) is 9.61 Å². The normalized spacial score (nSPS) is 12.0. The third kappa shape index (κ3) is 5.93. The molecule has 38 heavy (non-hydrogen) atoms. The van der Waals surface area contributed by atoms with Gasteiger partial charge in [-0.05, 0) is 50.4 Å². The maximum atomic E-state index is 13.9. The van der Waals surface area contributed by atoms with Crippen molar-refractivity contribution in [3.8, 4) is 0 Å². The predicted molar refractivity (Wildman–Crippen MR) is 153 cm³/mol. The first-order valence-electron chi connectivity index (χ1n) is 12.5. The van der Waals surface area contributed by atoms with Gasteiger partial charge in [0.1, 0.15) is 10.8 Å². The predicted octanol–water partition coefficient (Wildman–Crippen LogP) is 4.82. The number of aromatic nitrogens is 4. The molecule has 2 heterocycles. The molecule has 0 aliphatic heterocycles. The molecule has 0 aliphatic carbocycles. The van der Waals surface area contributed by atoms with E-state index in [1.165, 1.54) is 4.52 Å². The fourth-order valence-electron chi connectivity index (χ4n) is 4.54. The van der Waals surface area contributed by atoms with Crippen molar-refractivity contribution in [1.82, 2.24) is 24.1 Å². The van der Waals surface area contributed by atoms with Crippen LogP contribution in [0.15, 0.2) is 59.4 Å². The van der Waals surface area contributed by atoms with Crippen LogP contribution >= 0.6 is 24.0 Å². The molecule has 4 aromatic rings. The number of amides is 1. The van der Waals surface area contributed by atoms with E-state index in [2.05, 4.69) is 5.10 Å². The average Bonchev–Trinajstić information content (AvgIpc) is 3.17. The molecule has 0 spiro atoms. The third-order valence-corrected chi connectivity index (χ3v) is 6.89. The zero-order valence-corrected chi connectivity index (χ0v) is 23.7. The van der Waals surface area contributed by atoms with Gasteiger partial charge in [0, 0.05) is 12.1 Å². The Kier molecular flexibility index (Phi) is 9.71. The van der Waals surface area contributed by atoms with Gasteiger partial charge in [-0.15, -0.1) is 12.4 Å². The highest BCUT2D eigenvalue weighted by Crippen LogP contribution is 2.31. The van der Waals surface area contributed by atoms with Crippen LogP contribution < -0.4 is 11.4 Å². The molecule has 0 radical (unpaired) electrons. The lowest BCUT2D eigenvalue weighted by Crippen LogP contribution is -2.43. The summed E-state index contributed by atoms with van der Waals surface area (Å²) >= 11 is 6.53. The fraction of sp³-hybridized carbons (Fsp3) is 0.357. The monoisotopic (exact) mass is 556 g/mol. The van der Waals surface area contributed by atoms with Crippen molar-refractivity contribution in [2.75, 3.05) is 13.1 Å². The van der Waals surface area contributed by atoms with Gasteiger partial charge >= 0.3 is 5.69 Å². The smallest absolute Gasteiger partial charge is 0.330 e. The number of aryl methyl sites for hydroxylation is 2. The van der Waals surface area contributed by atoms with Crippen LogP contribution in [0.1, 0.15) is 59.3 Å². The lowest BCUT2D eigenvalue weighted by Gasteiger charge is -2.35. The molecule has 0 saturated heterocycles. The van der Waals surface area contributed by atoms with E-state index in [-0.39, 0.29) is 42.1 Å². The van der Waals surface area contributed by atoms with E-state index in [0.717, 1.165) is 11.1 Å². The van der Waals surface area contributed by atoms with E-state index in [9.17, 15) is 9.59 Å². The Bertz CT molecular complexity index is 1450. The summed E-state index contributed by atoms with van der Waals surface area (Å²) < 4.78 is 2.85. The van der Waals surface area contributed by atoms with Crippen LogP contribution in [0.2, 0.25) is 5.02 Å². The highest BCUT2D eigenvalue weighted by molar-refractivity contribution is 6.34. The molecule has 2 aromatic carbocycles. The van der Waals surface area contributed by atoms with Gasteiger partial charge in [0.05, 0.1) is 18.3 Å². The fourth-order valence-corrected chi connectivity index (χ4v) is 4.70. The third-order valence-electron chi connectivity index (χ3n) is 6.45. The number of nitrogens with zero attached hydrogens (tertiary/aromatic N) is 5. The lowest BCUT2D eigenvalue weighted by molar-refractivity contribution is 0.0601. The number of hydrogen-bond acceptors (Lipinski definition) is 5. The number of hydrogen-bond donors (Lipinski definition) is 1. The SMILES string of the molecule is Cc1ccc(C(=O)N(CCCN)[C@@H](c2nc3c(Cl)c(C)nn3c(=O)n2Cc2ccccc2)C(C)C)cc1.Cl. The van der Waals surface area contributed by atoms with Crippen molar-refractivity contribution in [1.29, 1.82) is 0 Å². The average molecular weight is 558 g/mol. The van der Waals surface area contributed by atoms with Crippen molar-refractivity contribution < 1.29 is 4.79 Å². The van der Waals surface area contributed by atoms with E-state index >= 15 is 0 Å². The number of rotatable bonds is 9. The first kappa shape index (κ1) is 29.4. The van der Waals surface area contributed by atoms with Crippen LogP contribution in [0.25, 0.3) is 5.65 Å². The molecule has 2 aromatic heterocycles. The van der Waals surface area contributed by atoms with Crippen LogP contribution in [-0.2, 0) is 6.54 Å². The van der Waals surface area contributed by atoms with Crippen LogP contribution in [0.4, 0.5) is 0 Å². The first-order chi connectivity index (χ1) is 17.7. The van der Waals surface area contributed by atoms with E-state index in [1.807, 2.05) is 75.4 Å². The summed E-state index contributed by atoms with van der Waals surface area (Å²) in [7, 11) is 0. The number of fused-ring (bicyclic) bond motifs is 1. The molecule has 0 fully saturated rings. The molecule has 0 saturated carbocycles. The van der Waals surface area contributed by atoms with Crippen molar-refractivity contribution >= 4 is 35.6 Å². The molecule has 1 amide bonds. The summed E-state index contributed by atoms with van der Waals surface area (Å²) in [4.78, 5) is 34.4. The second-order valence-electron chi connectivity index (χ2n) is 9.65. The number of halogens is 2. The van der Waals surface area contributed by atoms with E-state index < -0.39 is 6.04 Å². The second-order valence-corrected chi connectivity index (χ2v) is 10.0. The Morgan fingerprint density at radius 2 is 1.74 bits per heavy atom. The summed E-state index contributed by atoms with van der Waals surface area (Å²) in [6.45, 7) is 8.90. The molecule has 0 bridgehead atoms. The van der Waals surface area contributed by atoms with Crippen LogP contribution in [-0.4, -0.2) is 43.1 Å². The molecule has 0 unspecified atom stereocenters. The van der Waals surface area contributed by atoms with Crippen LogP contribution in [0, 0.1) is 19.8 Å². The molecule has 2 N–H and O–H groups in total. The Morgan fingerprint density at radius 3 is 2.34 bits per heavy atom. The van der Waals surface area contributed by atoms with Gasteiger partial charge in [0.25, 0.3) is 5.91 Å². The molecule has 8 nitrogen and oxygen atoms in total. The summed E-state index contributed by atoms with van der Waals surface area (Å²) in [5.41, 5.74) is 8.89. The van der Waals surface area contributed by atoms with E-state index in [0.29, 0.717) is 41.6 Å². The Morgan fingerprint density at radius 1 is 1.08 bits per heavy atom. The minimum Gasteiger partial charge on any atom is -0.330 e. The van der Waals surface area contributed by atoms with Crippen molar-refractivity contribution in [3.05, 3.63) is 98.3 Å². The maximum Gasteiger partial charge on any atom is 0.352 e. The van der Waals surface area contributed by atoms with Crippen molar-refractivity contribution in [2.24, 2.45) is 11.7 Å². The summed E-state index contributed by atoms with van der Waals surface area (Å²) in [6, 6.07) is 16.7. The molecule has 4 rings (SSSR count). The van der Waals surface area contributed by atoms with Gasteiger partial charge in [-0.25, -0.2) is 9.78 Å². The molecule has 0 aliphatic rings. The lowest BCUT2D eigenvalue weighted by atomic mass is 9.99. The van der Waals surface area contributed by atoms with Gasteiger partial charge < -0.3 is 10.6 Å². The van der Waals surface area contributed by atoms with Gasteiger partial charge in [0.2, 0.25) is 0 Å². The quantitative estimate of drug-likeness (QED) is 0.318. The summed E-state index contributed by atoms with van der Waals surface area (Å²) in [5, 5.41) is 4.66. The molecule has 10 heteroatoms. The zero-order valence-electron chi connectivity index (χ0n) is 22.1. The summed E-state index contributed by atoms with van der Waals surface area (Å²) in [5.74, 6) is 0.269. The van der Waals surface area contributed by atoms with Gasteiger partial charge in [0.15, 0.2) is 5.65 Å². The number of carbonyl (C=O) groups excluding carboxylic acids is 1. The van der Waals surface area contributed by atoms with Crippen LogP contribution in [0.5, 0.6) is 0 Å². The van der Waals surface area contributed by atoms with E-state index in [1.54, 1.807) is 16.4 Å². The Balaban J connectivity index is 0.00000400. The Labute approximate surface area is 233 Å². The van der Waals surface area contributed by atoms with Gasteiger partial charge in [-0.3, -0.25) is 9.36 Å². The largest absolute Gasteiger partial charge is 0.352 e. The van der Waals surface area contributed by atoms with Crippen LogP contribution in [0.3, 0.4) is 0 Å². The highest BCUT2D eigenvalue weighted by atomic mass is 35.5. The standard InChI is InChI=1S/C28H33ClN6O2.ClH/c1-18(2)24(33(16-8-15-30)27(36)22-13-11-19(3)12-14-22)26-31-25-23(29)20(4)32-35(25)28(37)34(26)17-21-9-6-5-7-10-21;/h5-7,9-14,18,24H,8,15-17,30H2,1-4H3;1H/t24-;/m1./s1. The number of benzene rings is 2. The first-order valence-corrected chi connectivity index (χ1v) is 12.9. The van der Waals surface area contributed by atoms with Crippen molar-refractivity contribution in [2.45, 2.75) is 46.7 Å².